The van der Waals surface area contributed by atoms with Gasteiger partial charge in [-0.1, -0.05) is 23.2 Å². The molecule has 2 aromatic heterocycles. The van der Waals surface area contributed by atoms with Gasteiger partial charge in [0.2, 0.25) is 0 Å². The minimum Gasteiger partial charge on any atom is -0.345 e. The number of nitrogens with zero attached hydrogens (tertiary/aromatic N) is 1. The number of nitrogens with one attached hydrogen (secondary N) is 2. The van der Waals surface area contributed by atoms with Crippen molar-refractivity contribution in [3.05, 3.63) is 52.8 Å². The molecule has 0 amide bonds. The van der Waals surface area contributed by atoms with Crippen LogP contribution in [-0.4, -0.2) is 18.4 Å². The van der Waals surface area contributed by atoms with Crippen LogP contribution < -0.4 is 4.72 Å². The van der Waals surface area contributed by atoms with Crippen LogP contribution in [0.25, 0.3) is 11.0 Å². The first kappa shape index (κ1) is 14.2. The van der Waals surface area contributed by atoms with Gasteiger partial charge in [0, 0.05) is 22.8 Å². The normalized spacial score (nSPS) is 11.7. The predicted molar refractivity (Wildman–Crippen MR) is 83.4 cm³/mol. The van der Waals surface area contributed by atoms with E-state index in [-0.39, 0.29) is 15.6 Å². The van der Waals surface area contributed by atoms with E-state index in [0.29, 0.717) is 16.1 Å². The summed E-state index contributed by atoms with van der Waals surface area (Å²) in [6.45, 7) is 0. The van der Waals surface area contributed by atoms with Crippen molar-refractivity contribution < 1.29 is 8.42 Å². The largest absolute Gasteiger partial charge is 0.345 e. The number of H-pyrrole nitrogens is 1. The molecule has 0 spiro atoms. The molecule has 1 aromatic carbocycles. The van der Waals surface area contributed by atoms with E-state index in [4.69, 9.17) is 23.2 Å². The predicted octanol–water partition coefficient (Wildman–Crippen LogP) is 3.67. The number of hydrogen-bond acceptors (Lipinski definition) is 3. The zero-order valence-electron chi connectivity index (χ0n) is 10.5. The summed E-state index contributed by atoms with van der Waals surface area (Å²) < 4.78 is 27.4. The first-order valence-electron chi connectivity index (χ1n) is 5.87. The topological polar surface area (TPSA) is 74.8 Å². The molecule has 2 heterocycles. The van der Waals surface area contributed by atoms with E-state index in [9.17, 15) is 8.42 Å². The molecule has 0 aliphatic heterocycles. The van der Waals surface area contributed by atoms with Crippen LogP contribution in [0.2, 0.25) is 10.0 Å². The highest BCUT2D eigenvalue weighted by Crippen LogP contribution is 2.29. The van der Waals surface area contributed by atoms with Gasteiger partial charge in [0.1, 0.15) is 10.5 Å². The van der Waals surface area contributed by atoms with Crippen molar-refractivity contribution in [3.63, 3.8) is 0 Å². The molecular weight excluding hydrogens is 333 g/mol. The maximum absolute atomic E-state index is 12.5. The van der Waals surface area contributed by atoms with Gasteiger partial charge >= 0.3 is 0 Å². The molecule has 0 aliphatic carbocycles. The Bertz CT molecular complexity index is 922. The molecule has 3 aromatic rings. The number of aromatic nitrogens is 2. The highest BCUT2D eigenvalue weighted by molar-refractivity contribution is 7.93. The zero-order valence-corrected chi connectivity index (χ0v) is 12.8. The van der Waals surface area contributed by atoms with E-state index in [1.165, 1.54) is 18.3 Å². The van der Waals surface area contributed by atoms with Crippen molar-refractivity contribution in [3.8, 4) is 0 Å². The molecular formula is C13H9Cl2N3O2S. The van der Waals surface area contributed by atoms with E-state index >= 15 is 0 Å². The van der Waals surface area contributed by atoms with Crippen LogP contribution >= 0.6 is 23.2 Å². The van der Waals surface area contributed by atoms with Gasteiger partial charge < -0.3 is 4.98 Å². The van der Waals surface area contributed by atoms with Gasteiger partial charge in [0.15, 0.2) is 0 Å². The fourth-order valence-electron chi connectivity index (χ4n) is 1.93. The first-order chi connectivity index (χ1) is 9.97. The van der Waals surface area contributed by atoms with Crippen molar-refractivity contribution >= 4 is 49.9 Å². The van der Waals surface area contributed by atoms with Crippen LogP contribution in [0.3, 0.4) is 0 Å². The highest BCUT2D eigenvalue weighted by Gasteiger charge is 2.20. The maximum atomic E-state index is 12.5. The molecule has 0 unspecified atom stereocenters. The quantitative estimate of drug-likeness (QED) is 0.763. The average molecular weight is 342 g/mol. The Morgan fingerprint density at radius 3 is 2.76 bits per heavy atom. The lowest BCUT2D eigenvalue weighted by Gasteiger charge is -2.09. The fraction of sp³-hybridized carbons (Fsp3) is 0. The Kier molecular flexibility index (Phi) is 3.52. The lowest BCUT2D eigenvalue weighted by atomic mass is 10.3. The molecule has 0 atom stereocenters. The zero-order chi connectivity index (χ0) is 15.0. The van der Waals surface area contributed by atoms with E-state index in [1.807, 2.05) is 0 Å². The number of fused-ring (bicyclic) bond motifs is 1. The Balaban J connectivity index is 2.04. The Hall–Kier alpha value is -1.76. The van der Waals surface area contributed by atoms with Crippen LogP contribution in [0.1, 0.15) is 0 Å². The van der Waals surface area contributed by atoms with Gasteiger partial charge in [-0.25, -0.2) is 13.4 Å². The van der Waals surface area contributed by atoms with Gasteiger partial charge in [0.25, 0.3) is 10.0 Å². The molecule has 0 aliphatic rings. The summed E-state index contributed by atoms with van der Waals surface area (Å²) >= 11 is 11.8. The molecule has 21 heavy (non-hydrogen) atoms. The second-order valence-corrected chi connectivity index (χ2v) is 6.78. The molecule has 5 nitrogen and oxygen atoms in total. The minimum atomic E-state index is -3.78. The van der Waals surface area contributed by atoms with Gasteiger partial charge in [0.05, 0.1) is 10.7 Å². The summed E-state index contributed by atoms with van der Waals surface area (Å²) in [5.74, 6) is 0. The highest BCUT2D eigenvalue weighted by atomic mass is 35.5. The van der Waals surface area contributed by atoms with E-state index in [0.717, 1.165) is 0 Å². The molecule has 0 saturated heterocycles. The van der Waals surface area contributed by atoms with Gasteiger partial charge in [-0.3, -0.25) is 4.72 Å². The Morgan fingerprint density at radius 2 is 2.00 bits per heavy atom. The third-order valence-corrected chi connectivity index (χ3v) is 4.83. The Labute approximate surface area is 131 Å². The SMILES string of the molecule is O=S(=O)(Nc1ccc(Cl)cc1Cl)c1c[nH]c2ncccc12. The first-order valence-corrected chi connectivity index (χ1v) is 8.11. The molecule has 0 radical (unpaired) electrons. The van der Waals surface area contributed by atoms with Crippen LogP contribution in [0.5, 0.6) is 0 Å². The van der Waals surface area contributed by atoms with Gasteiger partial charge in [-0.05, 0) is 30.3 Å². The molecule has 0 bridgehead atoms. The summed E-state index contributed by atoms with van der Waals surface area (Å²) in [5, 5.41) is 1.17. The van der Waals surface area contributed by atoms with Gasteiger partial charge in [-0.2, -0.15) is 0 Å². The summed E-state index contributed by atoms with van der Waals surface area (Å²) in [4.78, 5) is 6.99. The number of pyridine rings is 1. The molecule has 2 N–H and O–H groups in total. The summed E-state index contributed by atoms with van der Waals surface area (Å²) in [7, 11) is -3.78. The van der Waals surface area contributed by atoms with Gasteiger partial charge in [-0.15, -0.1) is 0 Å². The monoisotopic (exact) mass is 341 g/mol. The molecule has 8 heteroatoms. The molecule has 0 saturated carbocycles. The fourth-order valence-corrected chi connectivity index (χ4v) is 3.68. The number of benzene rings is 1. The minimum absolute atomic E-state index is 0.108. The van der Waals surface area contributed by atoms with Crippen molar-refractivity contribution in [2.75, 3.05) is 4.72 Å². The van der Waals surface area contributed by atoms with E-state index in [1.54, 1.807) is 24.4 Å². The number of hydrogen-bond donors (Lipinski definition) is 2. The third kappa shape index (κ3) is 2.70. The van der Waals surface area contributed by atoms with Crippen molar-refractivity contribution in [1.29, 1.82) is 0 Å². The summed E-state index contributed by atoms with van der Waals surface area (Å²) in [5.41, 5.74) is 0.763. The Morgan fingerprint density at radius 1 is 1.19 bits per heavy atom. The lowest BCUT2D eigenvalue weighted by molar-refractivity contribution is 0.602. The van der Waals surface area contributed by atoms with Crippen molar-refractivity contribution in [2.24, 2.45) is 0 Å². The van der Waals surface area contributed by atoms with Crippen LogP contribution in [-0.2, 0) is 10.0 Å². The second-order valence-electron chi connectivity index (χ2n) is 4.28. The average Bonchev–Trinajstić information content (AvgIpc) is 2.86. The smallest absolute Gasteiger partial charge is 0.264 e. The third-order valence-electron chi connectivity index (χ3n) is 2.88. The van der Waals surface area contributed by atoms with E-state index < -0.39 is 10.0 Å². The second kappa shape index (κ2) is 5.22. The number of anilines is 1. The number of rotatable bonds is 3. The number of aromatic amines is 1. The number of halogens is 2. The van der Waals surface area contributed by atoms with Crippen LogP contribution in [0.15, 0.2) is 47.6 Å². The number of sulfonamides is 1. The molecule has 0 fully saturated rings. The molecule has 108 valence electrons. The molecule has 3 rings (SSSR count). The maximum Gasteiger partial charge on any atom is 0.264 e. The van der Waals surface area contributed by atoms with Crippen LogP contribution in [0.4, 0.5) is 5.69 Å². The van der Waals surface area contributed by atoms with Crippen molar-refractivity contribution in [2.45, 2.75) is 4.90 Å². The van der Waals surface area contributed by atoms with Crippen LogP contribution in [0, 0.1) is 0 Å². The van der Waals surface area contributed by atoms with E-state index in [2.05, 4.69) is 14.7 Å². The summed E-state index contributed by atoms with van der Waals surface area (Å²) in [6, 6.07) is 7.89. The standard InChI is InChI=1S/C13H9Cl2N3O2S/c14-8-3-4-11(10(15)6-8)18-21(19,20)12-7-17-13-9(12)2-1-5-16-13/h1-7,18H,(H,16,17). The van der Waals surface area contributed by atoms with Crippen molar-refractivity contribution in [1.82, 2.24) is 9.97 Å². The summed E-state index contributed by atoms with van der Waals surface area (Å²) in [6.07, 6.45) is 2.97. The lowest BCUT2D eigenvalue weighted by Crippen LogP contribution is -2.12.